The maximum Gasteiger partial charge on any atom is 0.258 e. The van der Waals surface area contributed by atoms with Crippen LogP contribution in [0.25, 0.3) is 6.08 Å². The van der Waals surface area contributed by atoms with Crippen LogP contribution in [-0.2, 0) is 0 Å². The maximum atomic E-state index is 12.1. The summed E-state index contributed by atoms with van der Waals surface area (Å²) in [5.74, 6) is 0.325. The zero-order valence-electron chi connectivity index (χ0n) is 11.0. The Bertz CT molecular complexity index is 624. The fraction of sp³-hybridized carbons (Fsp3) is 0.0625. The van der Waals surface area contributed by atoms with Gasteiger partial charge in [0.2, 0.25) is 0 Å². The summed E-state index contributed by atoms with van der Waals surface area (Å²) in [4.78, 5) is 12.1. The molecule has 2 rings (SSSR count). The molecule has 0 aliphatic carbocycles. The average Bonchev–Trinajstić information content (AvgIpc) is 2.48. The van der Waals surface area contributed by atoms with Crippen molar-refractivity contribution in [3.8, 4) is 5.75 Å². The van der Waals surface area contributed by atoms with Gasteiger partial charge in [0.05, 0.1) is 12.7 Å². The van der Waals surface area contributed by atoms with E-state index in [1.54, 1.807) is 31.5 Å². The lowest BCUT2D eigenvalue weighted by atomic mass is 10.2. The molecule has 0 heterocycles. The third kappa shape index (κ3) is 3.71. The Labute approximate surface area is 126 Å². The summed E-state index contributed by atoms with van der Waals surface area (Å²) in [6.45, 7) is 0. The van der Waals surface area contributed by atoms with E-state index in [1.807, 2.05) is 36.4 Å². The van der Waals surface area contributed by atoms with Crippen molar-refractivity contribution in [2.45, 2.75) is 0 Å². The summed E-state index contributed by atoms with van der Waals surface area (Å²) in [6.07, 6.45) is 3.46. The molecule has 3 nitrogen and oxygen atoms in total. The third-order valence-corrected chi connectivity index (χ3v) is 3.19. The van der Waals surface area contributed by atoms with Gasteiger partial charge in [-0.2, -0.15) is 0 Å². The van der Waals surface area contributed by atoms with Crippen LogP contribution in [0, 0.1) is 0 Å². The van der Waals surface area contributed by atoms with E-state index in [2.05, 4.69) is 21.2 Å². The van der Waals surface area contributed by atoms with Crippen LogP contribution in [0.2, 0.25) is 0 Å². The average molecular weight is 332 g/mol. The summed E-state index contributed by atoms with van der Waals surface area (Å²) in [7, 11) is 1.54. The van der Waals surface area contributed by atoms with Crippen LogP contribution >= 0.6 is 15.9 Å². The van der Waals surface area contributed by atoms with Crippen LogP contribution in [0.15, 0.2) is 59.2 Å². The Hall–Kier alpha value is -2.07. The number of rotatable bonds is 4. The Balaban J connectivity index is 2.07. The summed E-state index contributed by atoms with van der Waals surface area (Å²) >= 11 is 3.34. The molecular weight excluding hydrogens is 318 g/mol. The van der Waals surface area contributed by atoms with E-state index < -0.39 is 0 Å². The molecule has 0 saturated heterocycles. The number of hydrogen-bond donors (Lipinski definition) is 1. The molecule has 102 valence electrons. The number of methoxy groups -OCH3 is 1. The number of carbonyl (C=O) groups excluding carboxylic acids is 1. The van der Waals surface area contributed by atoms with Gasteiger partial charge < -0.3 is 10.1 Å². The topological polar surface area (TPSA) is 38.3 Å². The van der Waals surface area contributed by atoms with Gasteiger partial charge in [-0.25, -0.2) is 0 Å². The Morgan fingerprint density at radius 3 is 2.65 bits per heavy atom. The predicted molar refractivity (Wildman–Crippen MR) is 83.6 cm³/mol. The molecule has 0 saturated carbocycles. The van der Waals surface area contributed by atoms with E-state index in [0.29, 0.717) is 11.3 Å². The second-order valence-corrected chi connectivity index (χ2v) is 4.98. The minimum absolute atomic E-state index is 0.207. The van der Waals surface area contributed by atoms with E-state index in [-0.39, 0.29) is 5.91 Å². The monoisotopic (exact) mass is 331 g/mol. The third-order valence-electron chi connectivity index (χ3n) is 2.70. The fourth-order valence-corrected chi connectivity index (χ4v) is 2.05. The van der Waals surface area contributed by atoms with E-state index in [9.17, 15) is 4.79 Å². The maximum absolute atomic E-state index is 12.1. The smallest absolute Gasteiger partial charge is 0.258 e. The number of ether oxygens (including phenoxy) is 1. The van der Waals surface area contributed by atoms with E-state index in [1.165, 1.54) is 0 Å². The molecule has 0 radical (unpaired) electrons. The van der Waals surface area contributed by atoms with Crippen molar-refractivity contribution in [2.24, 2.45) is 0 Å². The van der Waals surface area contributed by atoms with Crippen LogP contribution in [-0.4, -0.2) is 13.0 Å². The SMILES string of the molecule is COc1cc(Br)ccc1C(=O)NC=Cc1ccccc1. The fourth-order valence-electron chi connectivity index (χ4n) is 1.71. The highest BCUT2D eigenvalue weighted by Gasteiger charge is 2.10. The first-order chi connectivity index (χ1) is 9.70. The van der Waals surface area contributed by atoms with Crippen LogP contribution in [0.5, 0.6) is 5.75 Å². The van der Waals surface area contributed by atoms with Gasteiger partial charge in [0.25, 0.3) is 5.91 Å². The molecule has 2 aromatic carbocycles. The van der Waals surface area contributed by atoms with Gasteiger partial charge in [-0.15, -0.1) is 0 Å². The Morgan fingerprint density at radius 1 is 1.20 bits per heavy atom. The zero-order chi connectivity index (χ0) is 14.4. The Kier molecular flexibility index (Phi) is 4.96. The van der Waals surface area contributed by atoms with Gasteiger partial charge in [0.1, 0.15) is 5.75 Å². The van der Waals surface area contributed by atoms with Crippen molar-refractivity contribution in [1.29, 1.82) is 0 Å². The number of nitrogens with one attached hydrogen (secondary N) is 1. The number of halogens is 1. The quantitative estimate of drug-likeness (QED) is 0.923. The van der Waals surface area contributed by atoms with Crippen molar-refractivity contribution in [1.82, 2.24) is 5.32 Å². The zero-order valence-corrected chi connectivity index (χ0v) is 12.6. The first-order valence-corrected chi connectivity index (χ1v) is 6.86. The Morgan fingerprint density at radius 2 is 1.95 bits per heavy atom. The largest absolute Gasteiger partial charge is 0.496 e. The summed E-state index contributed by atoms with van der Waals surface area (Å²) in [5, 5.41) is 2.73. The summed E-state index contributed by atoms with van der Waals surface area (Å²) in [6, 6.07) is 15.0. The molecule has 20 heavy (non-hydrogen) atoms. The van der Waals surface area contributed by atoms with Crippen molar-refractivity contribution < 1.29 is 9.53 Å². The lowest BCUT2D eigenvalue weighted by Crippen LogP contribution is -2.17. The molecule has 0 spiro atoms. The molecule has 0 aromatic heterocycles. The second-order valence-electron chi connectivity index (χ2n) is 4.06. The highest BCUT2D eigenvalue weighted by atomic mass is 79.9. The number of carbonyl (C=O) groups is 1. The molecule has 1 amide bonds. The minimum Gasteiger partial charge on any atom is -0.496 e. The van der Waals surface area contributed by atoms with Crippen molar-refractivity contribution in [3.05, 3.63) is 70.3 Å². The number of hydrogen-bond acceptors (Lipinski definition) is 2. The molecule has 0 fully saturated rings. The van der Waals surface area contributed by atoms with Crippen molar-refractivity contribution >= 4 is 27.9 Å². The van der Waals surface area contributed by atoms with Crippen molar-refractivity contribution in [3.63, 3.8) is 0 Å². The highest BCUT2D eigenvalue weighted by Crippen LogP contribution is 2.23. The first kappa shape index (κ1) is 14.3. The van der Waals surface area contributed by atoms with Gasteiger partial charge in [-0.3, -0.25) is 4.79 Å². The minimum atomic E-state index is -0.207. The van der Waals surface area contributed by atoms with Crippen LogP contribution in [0.1, 0.15) is 15.9 Å². The van der Waals surface area contributed by atoms with Crippen LogP contribution in [0.4, 0.5) is 0 Å². The lowest BCUT2D eigenvalue weighted by molar-refractivity contribution is 0.0967. The van der Waals surface area contributed by atoms with Gasteiger partial charge in [-0.1, -0.05) is 46.3 Å². The molecule has 0 unspecified atom stereocenters. The molecular formula is C16H14BrNO2. The van der Waals surface area contributed by atoms with E-state index in [4.69, 9.17) is 4.74 Å². The lowest BCUT2D eigenvalue weighted by Gasteiger charge is -2.07. The molecule has 1 N–H and O–H groups in total. The normalized spacial score (nSPS) is 10.5. The number of benzene rings is 2. The van der Waals surface area contributed by atoms with E-state index in [0.717, 1.165) is 10.0 Å². The van der Waals surface area contributed by atoms with Gasteiger partial charge in [0, 0.05) is 10.7 Å². The summed E-state index contributed by atoms with van der Waals surface area (Å²) in [5.41, 5.74) is 1.52. The molecule has 0 atom stereocenters. The molecule has 2 aromatic rings. The standard InChI is InChI=1S/C16H14BrNO2/c1-20-15-11-13(17)7-8-14(15)16(19)18-10-9-12-5-3-2-4-6-12/h2-11H,1H3,(H,18,19). The molecule has 0 aliphatic rings. The van der Waals surface area contributed by atoms with Crippen LogP contribution in [0.3, 0.4) is 0 Å². The number of amides is 1. The second kappa shape index (κ2) is 6.91. The van der Waals surface area contributed by atoms with E-state index >= 15 is 0 Å². The summed E-state index contributed by atoms with van der Waals surface area (Å²) < 4.78 is 6.06. The molecule has 4 heteroatoms. The van der Waals surface area contributed by atoms with Crippen molar-refractivity contribution in [2.75, 3.05) is 7.11 Å². The van der Waals surface area contributed by atoms with Gasteiger partial charge >= 0.3 is 0 Å². The van der Waals surface area contributed by atoms with Gasteiger partial charge in [0.15, 0.2) is 0 Å². The van der Waals surface area contributed by atoms with Crippen LogP contribution < -0.4 is 10.1 Å². The highest BCUT2D eigenvalue weighted by molar-refractivity contribution is 9.10. The molecule has 0 aliphatic heterocycles. The van der Waals surface area contributed by atoms with Gasteiger partial charge in [-0.05, 0) is 29.8 Å². The molecule has 0 bridgehead atoms. The first-order valence-electron chi connectivity index (χ1n) is 6.06. The predicted octanol–water partition coefficient (Wildman–Crippen LogP) is 3.86.